The number of carboxylic acids is 1. The zero-order valence-electron chi connectivity index (χ0n) is 12.8. The summed E-state index contributed by atoms with van der Waals surface area (Å²) >= 11 is 0. The third kappa shape index (κ3) is 4.03. The van der Waals surface area contributed by atoms with Crippen LogP contribution in [0.3, 0.4) is 0 Å². The maximum Gasteiger partial charge on any atom is 0.338 e. The molecule has 1 heterocycles. The van der Waals surface area contributed by atoms with E-state index in [4.69, 9.17) is 19.0 Å². The van der Waals surface area contributed by atoms with Crippen LogP contribution in [-0.4, -0.2) is 37.7 Å². The van der Waals surface area contributed by atoms with Crippen molar-refractivity contribution in [2.45, 2.75) is 6.42 Å². The normalized spacial score (nSPS) is 10.2. The van der Waals surface area contributed by atoms with Gasteiger partial charge in [0.1, 0.15) is 17.8 Å². The van der Waals surface area contributed by atoms with Gasteiger partial charge in [0.05, 0.1) is 19.8 Å². The second-order valence-corrected chi connectivity index (χ2v) is 4.69. The lowest BCUT2D eigenvalue weighted by atomic mass is 10.1. The van der Waals surface area contributed by atoms with Crippen molar-refractivity contribution in [1.82, 2.24) is 5.32 Å². The van der Waals surface area contributed by atoms with Crippen LogP contribution >= 0.6 is 0 Å². The fraction of sp³-hybridized carbons (Fsp3) is 0.250. The molecule has 2 aromatic rings. The number of furan rings is 1. The minimum absolute atomic E-state index is 0.0379. The molecule has 0 atom stereocenters. The highest BCUT2D eigenvalue weighted by Gasteiger charge is 2.14. The van der Waals surface area contributed by atoms with Gasteiger partial charge in [0.2, 0.25) is 0 Å². The van der Waals surface area contributed by atoms with Crippen molar-refractivity contribution in [3.63, 3.8) is 0 Å². The maximum atomic E-state index is 11.9. The first-order chi connectivity index (χ1) is 11.0. The summed E-state index contributed by atoms with van der Waals surface area (Å²) in [4.78, 5) is 22.6. The van der Waals surface area contributed by atoms with E-state index >= 15 is 0 Å². The van der Waals surface area contributed by atoms with Crippen molar-refractivity contribution in [2.24, 2.45) is 0 Å². The van der Waals surface area contributed by atoms with E-state index in [9.17, 15) is 9.59 Å². The maximum absolute atomic E-state index is 11.9. The fourth-order valence-electron chi connectivity index (χ4n) is 2.02. The number of nitrogens with one attached hydrogen (secondary N) is 1. The molecule has 0 unspecified atom stereocenters. The molecule has 0 fully saturated rings. The Morgan fingerprint density at radius 1 is 1.22 bits per heavy atom. The van der Waals surface area contributed by atoms with Crippen LogP contribution in [0.1, 0.15) is 26.5 Å². The van der Waals surface area contributed by atoms with Crippen LogP contribution < -0.4 is 14.8 Å². The van der Waals surface area contributed by atoms with Crippen LogP contribution in [0.2, 0.25) is 0 Å². The van der Waals surface area contributed by atoms with E-state index in [1.807, 2.05) is 12.1 Å². The van der Waals surface area contributed by atoms with Crippen LogP contribution in [0.5, 0.6) is 11.5 Å². The minimum atomic E-state index is -1.14. The number of carbonyl (C=O) groups excluding carboxylic acids is 1. The van der Waals surface area contributed by atoms with Gasteiger partial charge < -0.3 is 24.3 Å². The molecule has 2 N–H and O–H groups in total. The molecule has 1 amide bonds. The molecule has 0 saturated heterocycles. The molecule has 7 nitrogen and oxygen atoms in total. The van der Waals surface area contributed by atoms with Crippen molar-refractivity contribution >= 4 is 11.9 Å². The molecule has 0 spiro atoms. The summed E-state index contributed by atoms with van der Waals surface area (Å²) in [5.74, 6) is -0.291. The van der Waals surface area contributed by atoms with Crippen LogP contribution in [0.4, 0.5) is 0 Å². The quantitative estimate of drug-likeness (QED) is 0.809. The van der Waals surface area contributed by atoms with Gasteiger partial charge in [-0.3, -0.25) is 4.79 Å². The highest BCUT2D eigenvalue weighted by atomic mass is 16.5. The number of hydrogen-bond donors (Lipinski definition) is 2. The predicted octanol–water partition coefficient (Wildman–Crippen LogP) is 1.97. The summed E-state index contributed by atoms with van der Waals surface area (Å²) in [5.41, 5.74) is 0.853. The first-order valence-corrected chi connectivity index (χ1v) is 6.86. The molecule has 0 radical (unpaired) electrons. The Labute approximate surface area is 132 Å². The van der Waals surface area contributed by atoms with Gasteiger partial charge in [-0.05, 0) is 18.1 Å². The van der Waals surface area contributed by atoms with E-state index in [1.165, 1.54) is 6.07 Å². The van der Waals surface area contributed by atoms with E-state index in [-0.39, 0.29) is 11.3 Å². The molecular formula is C16H17NO6. The summed E-state index contributed by atoms with van der Waals surface area (Å²) in [7, 11) is 3.14. The Morgan fingerprint density at radius 3 is 2.61 bits per heavy atom. The number of carbonyl (C=O) groups is 2. The van der Waals surface area contributed by atoms with Crippen molar-refractivity contribution in [1.29, 1.82) is 0 Å². The number of benzene rings is 1. The molecular weight excluding hydrogens is 302 g/mol. The van der Waals surface area contributed by atoms with Crippen molar-refractivity contribution in [3.8, 4) is 11.5 Å². The lowest BCUT2D eigenvalue weighted by Crippen LogP contribution is -2.25. The second kappa shape index (κ2) is 7.35. The van der Waals surface area contributed by atoms with Gasteiger partial charge in [-0.2, -0.15) is 0 Å². The lowest BCUT2D eigenvalue weighted by molar-refractivity contribution is 0.0696. The van der Waals surface area contributed by atoms with Crippen LogP contribution in [0, 0.1) is 0 Å². The average Bonchev–Trinajstić information content (AvgIpc) is 3.05. The Morgan fingerprint density at radius 2 is 2.00 bits per heavy atom. The van der Waals surface area contributed by atoms with E-state index in [1.54, 1.807) is 20.3 Å². The number of ether oxygens (including phenoxy) is 2. The molecule has 0 saturated carbocycles. The van der Waals surface area contributed by atoms with Crippen molar-refractivity contribution < 1.29 is 28.6 Å². The predicted molar refractivity (Wildman–Crippen MR) is 81.3 cm³/mol. The molecule has 2 rings (SSSR count). The molecule has 0 bridgehead atoms. The van der Waals surface area contributed by atoms with Gasteiger partial charge in [-0.1, -0.05) is 6.07 Å². The molecule has 23 heavy (non-hydrogen) atoms. The van der Waals surface area contributed by atoms with Crippen LogP contribution in [-0.2, 0) is 6.42 Å². The van der Waals surface area contributed by atoms with Gasteiger partial charge in [0.15, 0.2) is 5.76 Å². The Hall–Kier alpha value is -2.96. The number of hydrogen-bond acceptors (Lipinski definition) is 5. The van der Waals surface area contributed by atoms with Crippen LogP contribution in [0.15, 0.2) is 34.9 Å². The third-order valence-corrected chi connectivity index (χ3v) is 3.24. The number of amides is 1. The van der Waals surface area contributed by atoms with Gasteiger partial charge in [-0.25, -0.2) is 4.79 Å². The fourth-order valence-corrected chi connectivity index (χ4v) is 2.02. The number of methoxy groups -OCH3 is 2. The highest BCUT2D eigenvalue weighted by Crippen LogP contribution is 2.24. The van der Waals surface area contributed by atoms with Gasteiger partial charge in [0, 0.05) is 18.7 Å². The molecule has 1 aromatic heterocycles. The summed E-state index contributed by atoms with van der Waals surface area (Å²) in [6, 6.07) is 6.62. The summed E-state index contributed by atoms with van der Waals surface area (Å²) in [6.45, 7) is 0.352. The summed E-state index contributed by atoms with van der Waals surface area (Å²) in [5, 5.41) is 11.5. The van der Waals surface area contributed by atoms with E-state index < -0.39 is 11.9 Å². The number of carboxylic acid groups (broad SMARTS) is 1. The monoisotopic (exact) mass is 319 g/mol. The number of aromatic carboxylic acids is 1. The SMILES string of the molecule is COc1ccc(CCNC(=O)c2cc(C(=O)O)co2)c(OC)c1. The first kappa shape index (κ1) is 16.4. The topological polar surface area (TPSA) is 98.0 Å². The zero-order chi connectivity index (χ0) is 16.8. The smallest absolute Gasteiger partial charge is 0.338 e. The Bertz CT molecular complexity index is 706. The summed E-state index contributed by atoms with van der Waals surface area (Å²) in [6.07, 6.45) is 1.58. The third-order valence-electron chi connectivity index (χ3n) is 3.24. The van der Waals surface area contributed by atoms with Gasteiger partial charge in [0.25, 0.3) is 5.91 Å². The standard InChI is InChI=1S/C16H17NO6/c1-21-12-4-3-10(13(8-12)22-2)5-6-17-15(18)14-7-11(9-23-14)16(19)20/h3-4,7-9H,5-6H2,1-2H3,(H,17,18)(H,19,20). The van der Waals surface area contributed by atoms with Crippen molar-refractivity contribution in [3.05, 3.63) is 47.4 Å². The molecule has 0 aliphatic rings. The van der Waals surface area contributed by atoms with E-state index in [0.717, 1.165) is 11.8 Å². The Balaban J connectivity index is 1.93. The molecule has 0 aliphatic heterocycles. The summed E-state index contributed by atoms with van der Waals surface area (Å²) < 4.78 is 15.3. The first-order valence-electron chi connectivity index (χ1n) is 6.86. The van der Waals surface area contributed by atoms with Crippen LogP contribution in [0.25, 0.3) is 0 Å². The highest BCUT2D eigenvalue weighted by molar-refractivity contribution is 5.95. The Kier molecular flexibility index (Phi) is 5.24. The number of rotatable bonds is 7. The van der Waals surface area contributed by atoms with E-state index in [2.05, 4.69) is 5.32 Å². The largest absolute Gasteiger partial charge is 0.497 e. The average molecular weight is 319 g/mol. The molecule has 0 aliphatic carbocycles. The minimum Gasteiger partial charge on any atom is -0.497 e. The van der Waals surface area contributed by atoms with Crippen molar-refractivity contribution in [2.75, 3.05) is 20.8 Å². The molecule has 1 aromatic carbocycles. The lowest BCUT2D eigenvalue weighted by Gasteiger charge is -2.10. The second-order valence-electron chi connectivity index (χ2n) is 4.69. The van der Waals surface area contributed by atoms with E-state index in [0.29, 0.717) is 24.5 Å². The molecule has 122 valence electrons. The zero-order valence-corrected chi connectivity index (χ0v) is 12.8. The van der Waals surface area contributed by atoms with Gasteiger partial charge >= 0.3 is 5.97 Å². The molecule has 7 heteroatoms. The van der Waals surface area contributed by atoms with Gasteiger partial charge in [-0.15, -0.1) is 0 Å².